The highest BCUT2D eigenvalue weighted by Gasteiger charge is 2.46. The Morgan fingerprint density at radius 3 is 2.86 bits per heavy atom. The van der Waals surface area contributed by atoms with E-state index >= 15 is 0 Å². The summed E-state index contributed by atoms with van der Waals surface area (Å²) in [7, 11) is 0. The van der Waals surface area contributed by atoms with Gasteiger partial charge in [0, 0.05) is 27.1 Å². The third kappa shape index (κ3) is 1.90. The van der Waals surface area contributed by atoms with Gasteiger partial charge in [0.15, 0.2) is 0 Å². The lowest BCUT2D eigenvalue weighted by Crippen LogP contribution is -2.46. The molecule has 0 saturated carbocycles. The monoisotopic (exact) mass is 343 g/mol. The standard InChI is InChI=1S/C18H18BrNO/c1-18(2)13-9-11(19)7-8-15(13)20-17-12-5-3-4-6-16(12)21-10-14(17)18/h3-9,14,17,20H,10H2,1-2H3/t14-,17+/m1/s1. The molecule has 0 bridgehead atoms. The summed E-state index contributed by atoms with van der Waals surface area (Å²) in [6.07, 6.45) is 0. The summed E-state index contributed by atoms with van der Waals surface area (Å²) in [6.45, 7) is 5.41. The molecule has 2 heterocycles. The largest absolute Gasteiger partial charge is 0.493 e. The SMILES string of the molecule is CC1(C)c2cc(Br)ccc2N[C@H]2c3ccccc3OC[C@H]21. The molecule has 21 heavy (non-hydrogen) atoms. The molecule has 2 nitrogen and oxygen atoms in total. The van der Waals surface area contributed by atoms with Gasteiger partial charge in [-0.15, -0.1) is 0 Å². The molecule has 0 saturated heterocycles. The van der Waals surface area contributed by atoms with E-state index in [1.165, 1.54) is 16.8 Å². The number of ether oxygens (including phenoxy) is 1. The van der Waals surface area contributed by atoms with Crippen molar-refractivity contribution in [1.29, 1.82) is 0 Å². The van der Waals surface area contributed by atoms with Crippen molar-refractivity contribution in [2.24, 2.45) is 5.92 Å². The summed E-state index contributed by atoms with van der Waals surface area (Å²) >= 11 is 3.60. The number of fused-ring (bicyclic) bond motifs is 4. The minimum Gasteiger partial charge on any atom is -0.493 e. The molecule has 0 amide bonds. The van der Waals surface area contributed by atoms with Crippen LogP contribution in [0.4, 0.5) is 5.69 Å². The quantitative estimate of drug-likeness (QED) is 0.734. The van der Waals surface area contributed by atoms with Gasteiger partial charge in [0.25, 0.3) is 0 Å². The zero-order valence-electron chi connectivity index (χ0n) is 12.2. The Balaban J connectivity index is 1.88. The molecule has 0 aromatic heterocycles. The average Bonchev–Trinajstić information content (AvgIpc) is 2.48. The first kappa shape index (κ1) is 13.2. The highest BCUT2D eigenvalue weighted by molar-refractivity contribution is 9.10. The van der Waals surface area contributed by atoms with Gasteiger partial charge in [0.1, 0.15) is 5.75 Å². The Kier molecular flexibility index (Phi) is 2.83. The lowest BCUT2D eigenvalue weighted by molar-refractivity contribution is 0.135. The van der Waals surface area contributed by atoms with Crippen LogP contribution >= 0.6 is 15.9 Å². The number of nitrogens with one attached hydrogen (secondary N) is 1. The smallest absolute Gasteiger partial charge is 0.124 e. The van der Waals surface area contributed by atoms with E-state index in [4.69, 9.17) is 4.74 Å². The van der Waals surface area contributed by atoms with E-state index < -0.39 is 0 Å². The van der Waals surface area contributed by atoms with Crippen LogP contribution in [0.5, 0.6) is 5.75 Å². The first-order valence-electron chi connectivity index (χ1n) is 7.35. The van der Waals surface area contributed by atoms with Crippen LogP contribution in [-0.2, 0) is 5.41 Å². The number of hydrogen-bond acceptors (Lipinski definition) is 2. The predicted octanol–water partition coefficient (Wildman–Crippen LogP) is 4.90. The van der Waals surface area contributed by atoms with E-state index in [9.17, 15) is 0 Å². The minimum atomic E-state index is 0.0720. The van der Waals surface area contributed by atoms with Crippen molar-refractivity contribution in [1.82, 2.24) is 0 Å². The Morgan fingerprint density at radius 2 is 2.00 bits per heavy atom. The third-order valence-corrected chi connectivity index (χ3v) is 5.48. The topological polar surface area (TPSA) is 21.3 Å². The minimum absolute atomic E-state index is 0.0720. The Morgan fingerprint density at radius 1 is 1.19 bits per heavy atom. The molecule has 3 heteroatoms. The van der Waals surface area contributed by atoms with Gasteiger partial charge in [0.2, 0.25) is 0 Å². The molecule has 2 aromatic rings. The maximum absolute atomic E-state index is 6.02. The molecular weight excluding hydrogens is 326 g/mol. The van der Waals surface area contributed by atoms with Gasteiger partial charge in [-0.25, -0.2) is 0 Å². The summed E-state index contributed by atoms with van der Waals surface area (Å²) in [4.78, 5) is 0. The molecule has 0 fully saturated rings. The molecule has 2 aromatic carbocycles. The normalized spacial score (nSPS) is 24.9. The van der Waals surface area contributed by atoms with Crippen molar-refractivity contribution in [2.75, 3.05) is 11.9 Å². The molecule has 2 aliphatic heterocycles. The second-order valence-electron chi connectivity index (χ2n) is 6.49. The summed E-state index contributed by atoms with van der Waals surface area (Å²) in [5.41, 5.74) is 3.94. The molecule has 0 spiro atoms. The zero-order valence-corrected chi connectivity index (χ0v) is 13.8. The van der Waals surface area contributed by atoms with Crippen LogP contribution in [0.25, 0.3) is 0 Å². The van der Waals surface area contributed by atoms with Gasteiger partial charge in [-0.05, 0) is 29.8 Å². The summed E-state index contributed by atoms with van der Waals surface area (Å²) in [5, 5.41) is 3.74. The van der Waals surface area contributed by atoms with Crippen molar-refractivity contribution in [3.05, 3.63) is 58.1 Å². The van der Waals surface area contributed by atoms with Crippen molar-refractivity contribution in [2.45, 2.75) is 25.3 Å². The van der Waals surface area contributed by atoms with Crippen LogP contribution < -0.4 is 10.1 Å². The zero-order chi connectivity index (χ0) is 14.6. The highest BCUT2D eigenvalue weighted by Crippen LogP contribution is 2.52. The number of anilines is 1. The number of halogens is 1. The van der Waals surface area contributed by atoms with E-state index in [-0.39, 0.29) is 5.41 Å². The fraction of sp³-hybridized carbons (Fsp3) is 0.333. The van der Waals surface area contributed by atoms with Gasteiger partial charge in [-0.2, -0.15) is 0 Å². The number of hydrogen-bond donors (Lipinski definition) is 1. The molecule has 0 unspecified atom stereocenters. The van der Waals surface area contributed by atoms with Gasteiger partial charge >= 0.3 is 0 Å². The lowest BCUT2D eigenvalue weighted by Gasteiger charge is -2.48. The first-order valence-corrected chi connectivity index (χ1v) is 8.15. The fourth-order valence-corrected chi connectivity index (χ4v) is 4.07. The van der Waals surface area contributed by atoms with Crippen molar-refractivity contribution < 1.29 is 4.74 Å². The van der Waals surface area contributed by atoms with E-state index in [0.717, 1.165) is 16.8 Å². The van der Waals surface area contributed by atoms with Gasteiger partial charge < -0.3 is 10.1 Å². The highest BCUT2D eigenvalue weighted by atomic mass is 79.9. The van der Waals surface area contributed by atoms with Gasteiger partial charge in [0.05, 0.1) is 12.6 Å². The Hall–Kier alpha value is -1.48. The third-order valence-electron chi connectivity index (χ3n) is 4.99. The van der Waals surface area contributed by atoms with E-state index in [1.54, 1.807) is 0 Å². The van der Waals surface area contributed by atoms with Crippen molar-refractivity contribution in [3.8, 4) is 5.75 Å². The van der Waals surface area contributed by atoms with Gasteiger partial charge in [-0.1, -0.05) is 48.0 Å². The van der Waals surface area contributed by atoms with Crippen molar-refractivity contribution >= 4 is 21.6 Å². The second-order valence-corrected chi connectivity index (χ2v) is 7.40. The second kappa shape index (κ2) is 4.51. The number of para-hydroxylation sites is 1. The van der Waals surface area contributed by atoms with E-state index in [0.29, 0.717) is 12.0 Å². The van der Waals surface area contributed by atoms with Crippen LogP contribution in [-0.4, -0.2) is 6.61 Å². The predicted molar refractivity (Wildman–Crippen MR) is 89.0 cm³/mol. The molecular formula is C18H18BrNO. The van der Waals surface area contributed by atoms with Crippen LogP contribution in [0.3, 0.4) is 0 Å². The Bertz CT molecular complexity index is 710. The number of benzene rings is 2. The van der Waals surface area contributed by atoms with Crippen LogP contribution in [0.2, 0.25) is 0 Å². The maximum Gasteiger partial charge on any atom is 0.124 e. The molecule has 4 rings (SSSR count). The number of rotatable bonds is 0. The first-order chi connectivity index (χ1) is 10.1. The molecule has 108 valence electrons. The lowest BCUT2D eigenvalue weighted by atomic mass is 9.65. The molecule has 0 aliphatic carbocycles. The van der Waals surface area contributed by atoms with Gasteiger partial charge in [-0.3, -0.25) is 0 Å². The summed E-state index contributed by atoms with van der Waals surface area (Å²) < 4.78 is 7.15. The van der Waals surface area contributed by atoms with E-state index in [1.807, 2.05) is 6.07 Å². The average molecular weight is 344 g/mol. The molecule has 0 radical (unpaired) electrons. The van der Waals surface area contributed by atoms with Crippen LogP contribution in [0.15, 0.2) is 46.9 Å². The van der Waals surface area contributed by atoms with Crippen molar-refractivity contribution in [3.63, 3.8) is 0 Å². The summed E-state index contributed by atoms with van der Waals surface area (Å²) in [6, 6.07) is 15.2. The Labute approximate surface area is 133 Å². The maximum atomic E-state index is 6.02. The van der Waals surface area contributed by atoms with E-state index in [2.05, 4.69) is 71.5 Å². The molecule has 2 aliphatic rings. The van der Waals surface area contributed by atoms with Crippen LogP contribution in [0, 0.1) is 5.92 Å². The molecule has 1 N–H and O–H groups in total. The fourth-order valence-electron chi connectivity index (χ4n) is 3.71. The molecule has 2 atom stereocenters. The van der Waals surface area contributed by atoms with Crippen LogP contribution in [0.1, 0.15) is 31.0 Å². The summed E-state index contributed by atoms with van der Waals surface area (Å²) in [5.74, 6) is 1.44.